The number of nitrogens with zero attached hydrogens (tertiary/aromatic N) is 1. The fourth-order valence-corrected chi connectivity index (χ4v) is 1.49. The van der Waals surface area contributed by atoms with Gasteiger partial charge in [-0.15, -0.1) is 0 Å². The normalized spacial score (nSPS) is 12.5. The van der Waals surface area contributed by atoms with E-state index in [-0.39, 0.29) is 11.9 Å². The van der Waals surface area contributed by atoms with Gasteiger partial charge in [-0.1, -0.05) is 19.8 Å². The molecular weight excluding hydrogens is 188 g/mol. The molecule has 1 unspecified atom stereocenters. The SMILES string of the molecule is CCCCCN(C)C(=O)CCCC(C)N. The average molecular weight is 214 g/mol. The van der Waals surface area contributed by atoms with E-state index < -0.39 is 0 Å². The number of rotatable bonds is 8. The molecule has 0 fully saturated rings. The Morgan fingerprint density at radius 2 is 2.00 bits per heavy atom. The van der Waals surface area contributed by atoms with Crippen LogP contribution in [0.4, 0.5) is 0 Å². The van der Waals surface area contributed by atoms with Crippen LogP contribution in [-0.2, 0) is 4.79 Å². The molecule has 0 aliphatic carbocycles. The van der Waals surface area contributed by atoms with E-state index in [4.69, 9.17) is 5.73 Å². The maximum absolute atomic E-state index is 11.6. The maximum atomic E-state index is 11.6. The Labute approximate surface area is 94.0 Å². The van der Waals surface area contributed by atoms with Crippen molar-refractivity contribution >= 4 is 5.91 Å². The lowest BCUT2D eigenvalue weighted by molar-refractivity contribution is -0.130. The molecule has 0 spiro atoms. The van der Waals surface area contributed by atoms with Crippen LogP contribution in [0.5, 0.6) is 0 Å². The minimum Gasteiger partial charge on any atom is -0.346 e. The largest absolute Gasteiger partial charge is 0.346 e. The Hall–Kier alpha value is -0.570. The van der Waals surface area contributed by atoms with Crippen LogP contribution >= 0.6 is 0 Å². The summed E-state index contributed by atoms with van der Waals surface area (Å²) >= 11 is 0. The van der Waals surface area contributed by atoms with Crippen LogP contribution in [0.15, 0.2) is 0 Å². The monoisotopic (exact) mass is 214 g/mol. The van der Waals surface area contributed by atoms with Crippen LogP contribution < -0.4 is 5.73 Å². The summed E-state index contributed by atoms with van der Waals surface area (Å²) in [6.45, 7) is 5.05. The van der Waals surface area contributed by atoms with Gasteiger partial charge in [-0.25, -0.2) is 0 Å². The zero-order valence-corrected chi connectivity index (χ0v) is 10.5. The quantitative estimate of drug-likeness (QED) is 0.629. The molecule has 0 bridgehead atoms. The summed E-state index contributed by atoms with van der Waals surface area (Å²) in [6, 6.07) is 0.211. The third kappa shape index (κ3) is 8.43. The van der Waals surface area contributed by atoms with Gasteiger partial charge in [0.05, 0.1) is 0 Å². The number of amides is 1. The second-order valence-electron chi connectivity index (χ2n) is 4.39. The number of nitrogens with two attached hydrogens (primary N) is 1. The van der Waals surface area contributed by atoms with Gasteiger partial charge in [0, 0.05) is 26.1 Å². The van der Waals surface area contributed by atoms with Crippen LogP contribution in [0.3, 0.4) is 0 Å². The smallest absolute Gasteiger partial charge is 0.222 e. The second-order valence-corrected chi connectivity index (χ2v) is 4.39. The predicted molar refractivity (Wildman–Crippen MR) is 64.7 cm³/mol. The molecule has 0 aliphatic heterocycles. The summed E-state index contributed by atoms with van der Waals surface area (Å²) in [4.78, 5) is 13.4. The molecule has 0 radical (unpaired) electrons. The van der Waals surface area contributed by atoms with E-state index in [1.807, 2.05) is 18.9 Å². The minimum atomic E-state index is 0.211. The Bertz CT molecular complexity index is 169. The van der Waals surface area contributed by atoms with Gasteiger partial charge in [0.25, 0.3) is 0 Å². The van der Waals surface area contributed by atoms with E-state index in [2.05, 4.69) is 6.92 Å². The molecule has 1 amide bonds. The lowest BCUT2D eigenvalue weighted by Gasteiger charge is -2.17. The topological polar surface area (TPSA) is 46.3 Å². The van der Waals surface area contributed by atoms with Crippen LogP contribution in [0.25, 0.3) is 0 Å². The summed E-state index contributed by atoms with van der Waals surface area (Å²) in [5.74, 6) is 0.256. The number of hydrogen-bond acceptors (Lipinski definition) is 2. The highest BCUT2D eigenvalue weighted by Gasteiger charge is 2.07. The van der Waals surface area contributed by atoms with Gasteiger partial charge in [-0.05, 0) is 26.2 Å². The van der Waals surface area contributed by atoms with E-state index in [1.54, 1.807) is 0 Å². The number of unbranched alkanes of at least 4 members (excludes halogenated alkanes) is 2. The molecule has 15 heavy (non-hydrogen) atoms. The molecule has 0 heterocycles. The Kier molecular flexibility index (Phi) is 8.38. The van der Waals surface area contributed by atoms with Crippen molar-refractivity contribution in [3.8, 4) is 0 Å². The Morgan fingerprint density at radius 3 is 2.53 bits per heavy atom. The highest BCUT2D eigenvalue weighted by Crippen LogP contribution is 2.03. The van der Waals surface area contributed by atoms with Crippen LogP contribution in [0.2, 0.25) is 0 Å². The molecule has 3 nitrogen and oxygen atoms in total. The number of carbonyl (C=O) groups is 1. The van der Waals surface area contributed by atoms with Gasteiger partial charge >= 0.3 is 0 Å². The fraction of sp³-hybridized carbons (Fsp3) is 0.917. The first kappa shape index (κ1) is 14.4. The molecule has 1 atom stereocenters. The summed E-state index contributed by atoms with van der Waals surface area (Å²) in [5.41, 5.74) is 5.63. The van der Waals surface area contributed by atoms with Crippen LogP contribution in [0, 0.1) is 0 Å². The first-order valence-electron chi connectivity index (χ1n) is 6.07. The Balaban J connectivity index is 3.51. The van der Waals surface area contributed by atoms with Crippen LogP contribution in [0.1, 0.15) is 52.4 Å². The maximum Gasteiger partial charge on any atom is 0.222 e. The van der Waals surface area contributed by atoms with Crippen molar-refractivity contribution in [3.63, 3.8) is 0 Å². The highest BCUT2D eigenvalue weighted by molar-refractivity contribution is 5.75. The third-order valence-corrected chi connectivity index (χ3v) is 2.57. The fourth-order valence-electron chi connectivity index (χ4n) is 1.49. The molecule has 0 saturated carbocycles. The van der Waals surface area contributed by atoms with Crippen LogP contribution in [-0.4, -0.2) is 30.4 Å². The third-order valence-electron chi connectivity index (χ3n) is 2.57. The van der Waals surface area contributed by atoms with Gasteiger partial charge in [0.1, 0.15) is 0 Å². The molecule has 0 aromatic heterocycles. The standard InChI is InChI=1S/C12H26N2O/c1-4-5-6-10-14(3)12(15)9-7-8-11(2)13/h11H,4-10,13H2,1-3H3. The summed E-state index contributed by atoms with van der Waals surface area (Å²) in [6.07, 6.45) is 6.02. The van der Waals surface area contributed by atoms with Gasteiger partial charge in [-0.2, -0.15) is 0 Å². The van der Waals surface area contributed by atoms with Crippen molar-refractivity contribution in [2.45, 2.75) is 58.4 Å². The Morgan fingerprint density at radius 1 is 1.33 bits per heavy atom. The lowest BCUT2D eigenvalue weighted by atomic mass is 10.1. The van der Waals surface area contributed by atoms with E-state index in [0.29, 0.717) is 6.42 Å². The molecular formula is C12H26N2O. The molecule has 0 aromatic carbocycles. The molecule has 3 heteroatoms. The average Bonchev–Trinajstić information content (AvgIpc) is 2.17. The molecule has 2 N–H and O–H groups in total. The molecule has 0 aromatic rings. The van der Waals surface area contributed by atoms with Gasteiger partial charge in [0.2, 0.25) is 5.91 Å². The van der Waals surface area contributed by atoms with E-state index >= 15 is 0 Å². The van der Waals surface area contributed by atoms with Gasteiger partial charge < -0.3 is 10.6 Å². The molecule has 90 valence electrons. The summed E-state index contributed by atoms with van der Waals surface area (Å²) in [5, 5.41) is 0. The van der Waals surface area contributed by atoms with Crippen molar-refractivity contribution in [1.82, 2.24) is 4.90 Å². The first-order valence-corrected chi connectivity index (χ1v) is 6.07. The number of carbonyl (C=O) groups excluding carboxylic acids is 1. The molecule has 0 rings (SSSR count). The van der Waals surface area contributed by atoms with Crippen molar-refractivity contribution in [3.05, 3.63) is 0 Å². The lowest BCUT2D eigenvalue weighted by Crippen LogP contribution is -2.27. The predicted octanol–water partition coefficient (Wildman–Crippen LogP) is 2.15. The number of hydrogen-bond donors (Lipinski definition) is 1. The molecule has 0 saturated heterocycles. The zero-order valence-electron chi connectivity index (χ0n) is 10.5. The summed E-state index contributed by atoms with van der Waals surface area (Å²) in [7, 11) is 1.89. The first-order chi connectivity index (χ1) is 7.07. The van der Waals surface area contributed by atoms with E-state index in [0.717, 1.165) is 25.8 Å². The van der Waals surface area contributed by atoms with Crippen molar-refractivity contribution in [2.24, 2.45) is 5.73 Å². The van der Waals surface area contributed by atoms with Gasteiger partial charge in [0.15, 0.2) is 0 Å². The van der Waals surface area contributed by atoms with Gasteiger partial charge in [-0.3, -0.25) is 4.79 Å². The van der Waals surface area contributed by atoms with E-state index in [1.165, 1.54) is 12.8 Å². The highest BCUT2D eigenvalue weighted by atomic mass is 16.2. The van der Waals surface area contributed by atoms with Crippen molar-refractivity contribution < 1.29 is 4.79 Å². The second kappa shape index (κ2) is 8.72. The van der Waals surface area contributed by atoms with Crippen molar-refractivity contribution in [1.29, 1.82) is 0 Å². The van der Waals surface area contributed by atoms with Crippen molar-refractivity contribution in [2.75, 3.05) is 13.6 Å². The zero-order chi connectivity index (χ0) is 11.7. The molecule has 0 aliphatic rings. The minimum absolute atomic E-state index is 0.211. The summed E-state index contributed by atoms with van der Waals surface area (Å²) < 4.78 is 0. The van der Waals surface area contributed by atoms with E-state index in [9.17, 15) is 4.79 Å².